The SMILES string of the molecule is CCOC(=O)Cc1csc(NC(=O)c2ccc(Cl)cc2F)n1. The molecule has 22 heavy (non-hydrogen) atoms. The van der Waals surface area contributed by atoms with Gasteiger partial charge < -0.3 is 4.74 Å². The van der Waals surface area contributed by atoms with E-state index in [1.54, 1.807) is 12.3 Å². The van der Waals surface area contributed by atoms with Crippen LogP contribution in [0, 0.1) is 5.82 Å². The van der Waals surface area contributed by atoms with E-state index in [1.165, 1.54) is 12.1 Å². The molecule has 0 aliphatic carbocycles. The molecule has 0 spiro atoms. The molecule has 1 aromatic heterocycles. The number of rotatable bonds is 5. The third kappa shape index (κ3) is 4.25. The molecule has 1 N–H and O–H groups in total. The lowest BCUT2D eigenvalue weighted by Crippen LogP contribution is -2.14. The van der Waals surface area contributed by atoms with Gasteiger partial charge in [-0.1, -0.05) is 11.6 Å². The van der Waals surface area contributed by atoms with Crippen molar-refractivity contribution in [3.63, 3.8) is 0 Å². The molecular formula is C14H12ClFN2O3S. The van der Waals surface area contributed by atoms with Crippen molar-refractivity contribution in [2.75, 3.05) is 11.9 Å². The van der Waals surface area contributed by atoms with E-state index in [0.29, 0.717) is 12.3 Å². The Morgan fingerprint density at radius 2 is 2.23 bits per heavy atom. The molecule has 8 heteroatoms. The van der Waals surface area contributed by atoms with E-state index < -0.39 is 17.7 Å². The van der Waals surface area contributed by atoms with Crippen molar-refractivity contribution in [1.29, 1.82) is 0 Å². The highest BCUT2D eigenvalue weighted by Crippen LogP contribution is 2.19. The monoisotopic (exact) mass is 342 g/mol. The number of amides is 1. The molecule has 0 unspecified atom stereocenters. The van der Waals surface area contributed by atoms with Crippen LogP contribution >= 0.6 is 22.9 Å². The molecule has 5 nitrogen and oxygen atoms in total. The number of aromatic nitrogens is 1. The standard InChI is InChI=1S/C14H12ClFN2O3S/c1-2-21-12(19)6-9-7-22-14(17-9)18-13(20)10-4-3-8(15)5-11(10)16/h3-5,7H,2,6H2,1H3,(H,17,18,20). The number of hydrogen-bond acceptors (Lipinski definition) is 5. The molecule has 1 heterocycles. The van der Waals surface area contributed by atoms with E-state index in [4.69, 9.17) is 16.3 Å². The molecule has 1 amide bonds. The van der Waals surface area contributed by atoms with E-state index in [1.807, 2.05) is 0 Å². The molecule has 0 bridgehead atoms. The van der Waals surface area contributed by atoms with Crippen LogP contribution in [0.15, 0.2) is 23.6 Å². The Kier molecular flexibility index (Phi) is 5.46. The topological polar surface area (TPSA) is 68.3 Å². The fourth-order valence-corrected chi connectivity index (χ4v) is 2.51. The summed E-state index contributed by atoms with van der Waals surface area (Å²) in [5, 5.41) is 4.59. The van der Waals surface area contributed by atoms with Crippen LogP contribution in [0.5, 0.6) is 0 Å². The summed E-state index contributed by atoms with van der Waals surface area (Å²) in [5.41, 5.74) is 0.349. The largest absolute Gasteiger partial charge is 0.466 e. The van der Waals surface area contributed by atoms with Gasteiger partial charge in [-0.25, -0.2) is 9.37 Å². The van der Waals surface area contributed by atoms with Gasteiger partial charge in [0.1, 0.15) is 5.82 Å². The maximum absolute atomic E-state index is 13.6. The molecule has 0 aliphatic rings. The number of esters is 1. The molecule has 0 saturated heterocycles. The second kappa shape index (κ2) is 7.33. The molecule has 1 aromatic carbocycles. The summed E-state index contributed by atoms with van der Waals surface area (Å²) in [5.74, 6) is -1.74. The zero-order valence-corrected chi connectivity index (χ0v) is 13.1. The van der Waals surface area contributed by atoms with E-state index in [-0.39, 0.29) is 22.1 Å². The zero-order chi connectivity index (χ0) is 16.1. The number of thiazole rings is 1. The number of halogens is 2. The number of ether oxygens (including phenoxy) is 1. The Balaban J connectivity index is 2.03. The van der Waals surface area contributed by atoms with Crippen molar-refractivity contribution in [3.05, 3.63) is 45.7 Å². The van der Waals surface area contributed by atoms with Crippen molar-refractivity contribution in [1.82, 2.24) is 4.98 Å². The quantitative estimate of drug-likeness (QED) is 0.846. The highest BCUT2D eigenvalue weighted by molar-refractivity contribution is 7.14. The highest BCUT2D eigenvalue weighted by atomic mass is 35.5. The molecule has 0 radical (unpaired) electrons. The van der Waals surface area contributed by atoms with E-state index >= 15 is 0 Å². The number of carbonyl (C=O) groups excluding carboxylic acids is 2. The minimum absolute atomic E-state index is 0.0233. The summed E-state index contributed by atoms with van der Waals surface area (Å²) in [6.07, 6.45) is 0.0233. The smallest absolute Gasteiger partial charge is 0.311 e. The maximum atomic E-state index is 13.6. The van der Waals surface area contributed by atoms with Gasteiger partial charge in [0.15, 0.2) is 5.13 Å². The number of hydrogen-bond donors (Lipinski definition) is 1. The first-order valence-corrected chi connectivity index (χ1v) is 7.61. The van der Waals surface area contributed by atoms with Gasteiger partial charge in [-0.3, -0.25) is 14.9 Å². The van der Waals surface area contributed by atoms with Crippen LogP contribution in [0.25, 0.3) is 0 Å². The molecule has 0 aliphatic heterocycles. The van der Waals surface area contributed by atoms with Gasteiger partial charge >= 0.3 is 5.97 Å². The van der Waals surface area contributed by atoms with Crippen molar-refractivity contribution in [3.8, 4) is 0 Å². The minimum Gasteiger partial charge on any atom is -0.466 e. The van der Waals surface area contributed by atoms with Crippen molar-refractivity contribution < 1.29 is 18.7 Å². The third-order valence-electron chi connectivity index (χ3n) is 2.58. The molecule has 0 saturated carbocycles. The van der Waals surface area contributed by atoms with Crippen LogP contribution in [0.1, 0.15) is 23.0 Å². The zero-order valence-electron chi connectivity index (χ0n) is 11.6. The normalized spacial score (nSPS) is 10.3. The molecule has 2 aromatic rings. The lowest BCUT2D eigenvalue weighted by molar-refractivity contribution is -0.142. The lowest BCUT2D eigenvalue weighted by Gasteiger charge is -2.03. The summed E-state index contributed by atoms with van der Waals surface area (Å²) >= 11 is 6.78. The average molecular weight is 343 g/mol. The van der Waals surface area contributed by atoms with E-state index in [0.717, 1.165) is 17.4 Å². The first-order valence-electron chi connectivity index (χ1n) is 6.36. The van der Waals surface area contributed by atoms with Crippen molar-refractivity contribution in [2.24, 2.45) is 0 Å². The van der Waals surface area contributed by atoms with Crippen molar-refractivity contribution in [2.45, 2.75) is 13.3 Å². The van der Waals surface area contributed by atoms with Crippen LogP contribution in [-0.2, 0) is 16.0 Å². The summed E-state index contributed by atoms with van der Waals surface area (Å²) in [4.78, 5) is 27.4. The second-order valence-electron chi connectivity index (χ2n) is 4.20. The molecule has 2 rings (SSSR count). The minimum atomic E-state index is -0.715. The van der Waals surface area contributed by atoms with Gasteiger partial charge in [-0.15, -0.1) is 11.3 Å². The number of benzene rings is 1. The van der Waals surface area contributed by atoms with Gasteiger partial charge in [-0.2, -0.15) is 0 Å². The van der Waals surface area contributed by atoms with Gasteiger partial charge in [0.25, 0.3) is 5.91 Å². The maximum Gasteiger partial charge on any atom is 0.311 e. The van der Waals surface area contributed by atoms with Crippen LogP contribution in [0.4, 0.5) is 9.52 Å². The van der Waals surface area contributed by atoms with Gasteiger partial charge in [0.05, 0.1) is 24.3 Å². The van der Waals surface area contributed by atoms with Crippen LogP contribution < -0.4 is 5.32 Å². The predicted octanol–water partition coefficient (Wildman–Crippen LogP) is 3.29. The summed E-state index contributed by atoms with van der Waals surface area (Å²) in [6.45, 7) is 2.01. The predicted molar refractivity (Wildman–Crippen MR) is 81.8 cm³/mol. The molecular weight excluding hydrogens is 331 g/mol. The van der Waals surface area contributed by atoms with Gasteiger partial charge in [0.2, 0.25) is 0 Å². The van der Waals surface area contributed by atoms with Crippen molar-refractivity contribution >= 4 is 39.9 Å². The Labute approximate surface area is 135 Å². The Hall–Kier alpha value is -1.99. The van der Waals surface area contributed by atoms with Crippen LogP contribution in [0.3, 0.4) is 0 Å². The first kappa shape index (κ1) is 16.4. The number of nitrogens with one attached hydrogen (secondary N) is 1. The highest BCUT2D eigenvalue weighted by Gasteiger charge is 2.15. The Bertz CT molecular complexity index is 705. The fraction of sp³-hybridized carbons (Fsp3) is 0.214. The number of nitrogens with zero attached hydrogens (tertiary/aromatic N) is 1. The summed E-state index contributed by atoms with van der Waals surface area (Å²) < 4.78 is 18.5. The van der Waals surface area contributed by atoms with Gasteiger partial charge in [-0.05, 0) is 25.1 Å². The number of carbonyl (C=O) groups is 2. The van der Waals surface area contributed by atoms with Crippen LogP contribution in [0.2, 0.25) is 5.02 Å². The molecule has 116 valence electrons. The first-order chi connectivity index (χ1) is 10.5. The van der Waals surface area contributed by atoms with Gasteiger partial charge in [0, 0.05) is 10.4 Å². The summed E-state index contributed by atoms with van der Waals surface area (Å²) in [7, 11) is 0. The third-order valence-corrected chi connectivity index (χ3v) is 3.62. The Morgan fingerprint density at radius 1 is 1.45 bits per heavy atom. The number of anilines is 1. The Morgan fingerprint density at radius 3 is 2.91 bits per heavy atom. The second-order valence-corrected chi connectivity index (χ2v) is 5.50. The van der Waals surface area contributed by atoms with E-state index in [2.05, 4.69) is 10.3 Å². The van der Waals surface area contributed by atoms with Crippen LogP contribution in [-0.4, -0.2) is 23.5 Å². The lowest BCUT2D eigenvalue weighted by atomic mass is 10.2. The average Bonchev–Trinajstić information content (AvgIpc) is 2.85. The fourth-order valence-electron chi connectivity index (χ4n) is 1.64. The molecule has 0 fully saturated rings. The van der Waals surface area contributed by atoms with E-state index in [9.17, 15) is 14.0 Å². The molecule has 0 atom stereocenters. The summed E-state index contributed by atoms with van der Waals surface area (Å²) in [6, 6.07) is 3.78.